The Morgan fingerprint density at radius 3 is 2.57 bits per heavy atom. The molecule has 0 bridgehead atoms. The van der Waals surface area contributed by atoms with Gasteiger partial charge in [0.05, 0.1) is 6.54 Å². The highest BCUT2D eigenvalue weighted by molar-refractivity contribution is 7.09. The largest absolute Gasteiger partial charge is 0.326 e. The van der Waals surface area contributed by atoms with Crippen molar-refractivity contribution in [2.45, 2.75) is 20.4 Å². The van der Waals surface area contributed by atoms with E-state index in [0.29, 0.717) is 23.2 Å². The number of carbonyl (C=O) groups excluding carboxylic acids is 1. The lowest BCUT2D eigenvalue weighted by molar-refractivity contribution is 0.256. The third kappa shape index (κ3) is 6.04. The summed E-state index contributed by atoms with van der Waals surface area (Å²) in [7, 11) is 0. The molecular weight excluding hydrogens is 396 g/mol. The molecule has 2 amide bonds. The van der Waals surface area contributed by atoms with Gasteiger partial charge in [-0.25, -0.2) is 19.8 Å². The molecule has 0 aliphatic carbocycles. The first-order chi connectivity index (χ1) is 13.5. The van der Waals surface area contributed by atoms with E-state index in [4.69, 9.17) is 11.6 Å². The molecular formula is C19H19ClN6OS. The van der Waals surface area contributed by atoms with Crippen molar-refractivity contribution in [2.75, 3.05) is 10.6 Å². The van der Waals surface area contributed by atoms with Crippen LogP contribution in [-0.2, 0) is 6.54 Å². The molecule has 0 aliphatic heterocycles. The number of aliphatic imine (C=N–C) groups is 1. The topological polar surface area (TPSA) is 91.3 Å². The number of guanidine groups is 1. The molecule has 3 aromatic rings. The minimum Gasteiger partial charge on any atom is -0.308 e. The fourth-order valence-electron chi connectivity index (χ4n) is 2.39. The number of hydrogen-bond donors (Lipinski definition) is 3. The Balaban J connectivity index is 1.75. The van der Waals surface area contributed by atoms with Gasteiger partial charge in [-0.15, -0.1) is 11.3 Å². The quantitative estimate of drug-likeness (QED) is 0.429. The van der Waals surface area contributed by atoms with E-state index in [1.165, 1.54) is 0 Å². The van der Waals surface area contributed by atoms with Crippen LogP contribution in [0.25, 0.3) is 0 Å². The van der Waals surface area contributed by atoms with Gasteiger partial charge < -0.3 is 5.32 Å². The number of thiophene rings is 1. The standard InChI is InChI=1S/C19H19ClN6OS/c1-12-9-13(2)23-18(22-12)25-17(21-11-16-7-4-8-28-16)26-19(27)24-15-6-3-5-14(20)10-15/h3-10H,11H2,1-2H3,(H3,21,22,23,24,25,26,27). The Labute approximate surface area is 171 Å². The number of nitrogens with one attached hydrogen (secondary N) is 3. The van der Waals surface area contributed by atoms with Crippen LogP contribution in [0.2, 0.25) is 5.02 Å². The van der Waals surface area contributed by atoms with Crippen molar-refractivity contribution in [2.24, 2.45) is 4.99 Å². The molecule has 1 aromatic carbocycles. The summed E-state index contributed by atoms with van der Waals surface area (Å²) < 4.78 is 0. The lowest BCUT2D eigenvalue weighted by Gasteiger charge is -2.12. The predicted octanol–water partition coefficient (Wildman–Crippen LogP) is 4.60. The Morgan fingerprint density at radius 2 is 1.89 bits per heavy atom. The fraction of sp³-hybridized carbons (Fsp3) is 0.158. The van der Waals surface area contributed by atoms with Crippen LogP contribution in [0.15, 0.2) is 52.8 Å². The summed E-state index contributed by atoms with van der Waals surface area (Å²) in [6.45, 7) is 4.17. The van der Waals surface area contributed by atoms with Crippen molar-refractivity contribution in [1.82, 2.24) is 15.3 Å². The van der Waals surface area contributed by atoms with Crippen LogP contribution < -0.4 is 16.0 Å². The Morgan fingerprint density at radius 1 is 1.11 bits per heavy atom. The molecule has 2 aromatic heterocycles. The van der Waals surface area contributed by atoms with Gasteiger partial charge in [0.1, 0.15) is 0 Å². The van der Waals surface area contributed by atoms with E-state index in [2.05, 4.69) is 30.9 Å². The van der Waals surface area contributed by atoms with E-state index in [1.54, 1.807) is 35.6 Å². The van der Waals surface area contributed by atoms with Gasteiger partial charge in [-0.1, -0.05) is 23.7 Å². The van der Waals surface area contributed by atoms with E-state index in [0.717, 1.165) is 16.3 Å². The van der Waals surface area contributed by atoms with Gasteiger partial charge in [-0.05, 0) is 49.6 Å². The number of aromatic nitrogens is 2. The average molecular weight is 415 g/mol. The van der Waals surface area contributed by atoms with Crippen LogP contribution >= 0.6 is 22.9 Å². The van der Waals surface area contributed by atoms with Gasteiger partial charge in [0.2, 0.25) is 11.9 Å². The normalized spacial score (nSPS) is 11.2. The highest BCUT2D eigenvalue weighted by Crippen LogP contribution is 2.15. The van der Waals surface area contributed by atoms with Gasteiger partial charge in [0.15, 0.2) is 0 Å². The summed E-state index contributed by atoms with van der Waals surface area (Å²) in [6, 6.07) is 12.2. The van der Waals surface area contributed by atoms with Crippen molar-refractivity contribution >= 4 is 46.6 Å². The molecule has 28 heavy (non-hydrogen) atoms. The van der Waals surface area contributed by atoms with E-state index in [1.807, 2.05) is 37.4 Å². The Hall–Kier alpha value is -2.97. The molecule has 0 fully saturated rings. The van der Waals surface area contributed by atoms with Gasteiger partial charge in [-0.3, -0.25) is 10.6 Å². The molecule has 0 saturated heterocycles. The van der Waals surface area contributed by atoms with Crippen LogP contribution in [0.3, 0.4) is 0 Å². The number of hydrogen-bond acceptors (Lipinski definition) is 5. The lowest BCUT2D eigenvalue weighted by Crippen LogP contribution is -2.39. The van der Waals surface area contributed by atoms with Crippen LogP contribution in [-0.4, -0.2) is 22.0 Å². The number of halogens is 1. The minimum absolute atomic E-state index is 0.248. The van der Waals surface area contributed by atoms with Crippen LogP contribution in [0.1, 0.15) is 16.3 Å². The van der Waals surface area contributed by atoms with Gasteiger partial charge >= 0.3 is 6.03 Å². The first kappa shape index (κ1) is 19.8. The highest BCUT2D eigenvalue weighted by Gasteiger charge is 2.10. The molecule has 9 heteroatoms. The van der Waals surface area contributed by atoms with Crippen molar-refractivity contribution in [3.05, 3.63) is 69.1 Å². The maximum atomic E-state index is 12.4. The third-order valence-corrected chi connectivity index (χ3v) is 4.60. The summed E-state index contributed by atoms with van der Waals surface area (Å²) in [5.74, 6) is 0.614. The van der Waals surface area contributed by atoms with Gasteiger partial charge in [0.25, 0.3) is 0 Å². The first-order valence-electron chi connectivity index (χ1n) is 8.47. The molecule has 2 heterocycles. The van der Waals surface area contributed by atoms with Crippen molar-refractivity contribution in [3.63, 3.8) is 0 Å². The maximum Gasteiger partial charge on any atom is 0.326 e. The van der Waals surface area contributed by atoms with Crippen molar-refractivity contribution in [1.29, 1.82) is 0 Å². The fourth-order valence-corrected chi connectivity index (χ4v) is 3.21. The monoisotopic (exact) mass is 414 g/mol. The molecule has 0 saturated carbocycles. The number of urea groups is 1. The molecule has 144 valence electrons. The Bertz CT molecular complexity index is 970. The molecule has 0 atom stereocenters. The van der Waals surface area contributed by atoms with Crippen LogP contribution in [0, 0.1) is 13.8 Å². The zero-order valence-electron chi connectivity index (χ0n) is 15.4. The number of nitrogens with zero attached hydrogens (tertiary/aromatic N) is 3. The summed E-state index contributed by atoms with van der Waals surface area (Å²) in [5.41, 5.74) is 2.21. The van der Waals surface area contributed by atoms with E-state index in [9.17, 15) is 4.79 Å². The zero-order chi connectivity index (χ0) is 19.9. The average Bonchev–Trinajstić information content (AvgIpc) is 3.12. The number of benzene rings is 1. The van der Waals surface area contributed by atoms with Gasteiger partial charge in [-0.2, -0.15) is 0 Å². The molecule has 7 nitrogen and oxygen atoms in total. The summed E-state index contributed by atoms with van der Waals surface area (Å²) in [6.07, 6.45) is 0. The van der Waals surface area contributed by atoms with Crippen LogP contribution in [0.5, 0.6) is 0 Å². The van der Waals surface area contributed by atoms with Crippen LogP contribution in [0.4, 0.5) is 16.4 Å². The summed E-state index contributed by atoms with van der Waals surface area (Å²) >= 11 is 7.54. The molecule has 0 radical (unpaired) electrons. The van der Waals surface area contributed by atoms with Gasteiger partial charge in [0, 0.05) is 27.0 Å². The zero-order valence-corrected chi connectivity index (χ0v) is 16.9. The van der Waals surface area contributed by atoms with Crippen molar-refractivity contribution in [3.8, 4) is 0 Å². The second-order valence-electron chi connectivity index (χ2n) is 5.93. The molecule has 3 N–H and O–H groups in total. The smallest absolute Gasteiger partial charge is 0.308 e. The number of carbonyl (C=O) groups is 1. The Kier molecular flexibility index (Phi) is 6.57. The number of aryl methyl sites for hydroxylation is 2. The number of anilines is 2. The predicted molar refractivity (Wildman–Crippen MR) is 114 cm³/mol. The summed E-state index contributed by atoms with van der Waals surface area (Å²) in [4.78, 5) is 26.6. The van der Waals surface area contributed by atoms with E-state index in [-0.39, 0.29) is 5.96 Å². The molecule has 0 unspecified atom stereocenters. The van der Waals surface area contributed by atoms with E-state index >= 15 is 0 Å². The second kappa shape index (κ2) is 9.29. The third-order valence-electron chi connectivity index (χ3n) is 3.50. The summed E-state index contributed by atoms with van der Waals surface area (Å²) in [5, 5.41) is 10.9. The van der Waals surface area contributed by atoms with Crippen molar-refractivity contribution < 1.29 is 4.79 Å². The first-order valence-corrected chi connectivity index (χ1v) is 9.73. The minimum atomic E-state index is -0.455. The SMILES string of the molecule is Cc1cc(C)nc(NC(=NCc2cccs2)NC(=O)Nc2cccc(Cl)c2)n1. The number of amides is 2. The maximum absolute atomic E-state index is 12.4. The number of rotatable bonds is 4. The molecule has 0 spiro atoms. The molecule has 0 aliphatic rings. The lowest BCUT2D eigenvalue weighted by atomic mass is 10.3. The highest BCUT2D eigenvalue weighted by atomic mass is 35.5. The molecule has 3 rings (SSSR count). The second-order valence-corrected chi connectivity index (χ2v) is 7.40. The van der Waals surface area contributed by atoms with E-state index < -0.39 is 6.03 Å².